The fourth-order valence-corrected chi connectivity index (χ4v) is 5.11. The molecule has 0 radical (unpaired) electrons. The van der Waals surface area contributed by atoms with E-state index in [-0.39, 0.29) is 5.91 Å². The van der Waals surface area contributed by atoms with Gasteiger partial charge in [-0.15, -0.1) is 0 Å². The lowest BCUT2D eigenvalue weighted by Gasteiger charge is -2.24. The summed E-state index contributed by atoms with van der Waals surface area (Å²) < 4.78 is 26.2. The normalized spacial score (nSPS) is 15.7. The highest BCUT2D eigenvalue weighted by molar-refractivity contribution is 7.92. The van der Waals surface area contributed by atoms with E-state index in [0.29, 0.717) is 30.2 Å². The number of amides is 1. The lowest BCUT2D eigenvalue weighted by atomic mass is 9.90. The van der Waals surface area contributed by atoms with Crippen molar-refractivity contribution >= 4 is 38.7 Å². The molecule has 4 rings (SSSR count). The number of aliphatic imine (C=N–C) groups is 1. The summed E-state index contributed by atoms with van der Waals surface area (Å²) in [6.07, 6.45) is 1.21. The van der Waals surface area contributed by atoms with E-state index in [0.717, 1.165) is 22.4 Å². The molecule has 0 aromatic heterocycles. The van der Waals surface area contributed by atoms with Gasteiger partial charge >= 0.3 is 0 Å². The van der Waals surface area contributed by atoms with Gasteiger partial charge in [0, 0.05) is 18.8 Å². The first-order valence-electron chi connectivity index (χ1n) is 11.4. The molecular formula is C27H30N4O3S. The van der Waals surface area contributed by atoms with Crippen molar-refractivity contribution in [2.45, 2.75) is 12.8 Å². The molecule has 0 saturated heterocycles. The number of nitrogens with one attached hydrogen (secondary N) is 1. The minimum Gasteiger partial charge on any atom is -0.325 e. The number of nitrogens with zero attached hydrogens (tertiary/aromatic N) is 3. The molecule has 1 aliphatic heterocycles. The molecule has 1 heterocycles. The van der Waals surface area contributed by atoms with Crippen LogP contribution in [0.1, 0.15) is 22.6 Å². The fourth-order valence-electron chi connectivity index (χ4n) is 4.19. The molecule has 0 saturated carbocycles. The highest BCUT2D eigenvalue weighted by atomic mass is 32.2. The van der Waals surface area contributed by atoms with Crippen LogP contribution in [0, 0.1) is 6.92 Å². The van der Waals surface area contributed by atoms with E-state index in [1.54, 1.807) is 24.3 Å². The van der Waals surface area contributed by atoms with Gasteiger partial charge in [0.15, 0.2) is 0 Å². The predicted octanol–water partition coefficient (Wildman–Crippen LogP) is 4.18. The number of carbonyl (C=O) groups excluding carboxylic acids is 1. The molecule has 3 aromatic carbocycles. The summed E-state index contributed by atoms with van der Waals surface area (Å²) in [5, 5.41) is 2.96. The average Bonchev–Trinajstić information content (AvgIpc) is 3.13. The lowest BCUT2D eigenvalue weighted by molar-refractivity contribution is -0.115. The molecule has 1 amide bonds. The van der Waals surface area contributed by atoms with Crippen LogP contribution in [0.2, 0.25) is 0 Å². The van der Waals surface area contributed by atoms with Gasteiger partial charge in [0.1, 0.15) is 5.92 Å². The van der Waals surface area contributed by atoms with Crippen molar-refractivity contribution in [1.29, 1.82) is 0 Å². The van der Waals surface area contributed by atoms with Gasteiger partial charge in [-0.1, -0.05) is 48.0 Å². The number of hydrogen-bond donors (Lipinski definition) is 1. The second-order valence-corrected chi connectivity index (χ2v) is 10.9. The monoisotopic (exact) mass is 490 g/mol. The number of carbonyl (C=O) groups is 1. The summed E-state index contributed by atoms with van der Waals surface area (Å²) in [6, 6.07) is 22.7. The Kier molecular flexibility index (Phi) is 7.05. The number of hydrogen-bond acceptors (Lipinski definition) is 5. The second kappa shape index (κ2) is 10.0. The van der Waals surface area contributed by atoms with Crippen LogP contribution < -0.4 is 9.62 Å². The van der Waals surface area contributed by atoms with Crippen molar-refractivity contribution in [1.82, 2.24) is 4.90 Å². The Hall–Kier alpha value is -3.49. The van der Waals surface area contributed by atoms with E-state index in [1.165, 1.54) is 10.6 Å². The standard InChI is InChI=1S/C27H30N4O3S/c1-19-8-7-9-20(18-19)26(25-23-10-5-6-11-24(23)29-27(25)32)28-21-12-14-22(15-13-21)31(35(4,33)34)17-16-30(2)3/h5-15,18,25H,16-17H2,1-4H3,(H,29,32). The first-order valence-corrected chi connectivity index (χ1v) is 13.3. The van der Waals surface area contributed by atoms with Gasteiger partial charge in [-0.05, 0) is 62.5 Å². The van der Waals surface area contributed by atoms with Gasteiger partial charge in [-0.2, -0.15) is 0 Å². The highest BCUT2D eigenvalue weighted by Gasteiger charge is 2.35. The molecule has 182 valence electrons. The molecule has 0 aliphatic carbocycles. The number of sulfonamides is 1. The molecule has 8 heteroatoms. The first kappa shape index (κ1) is 24.6. The van der Waals surface area contributed by atoms with E-state index in [4.69, 9.17) is 4.99 Å². The molecule has 1 aliphatic rings. The van der Waals surface area contributed by atoms with E-state index >= 15 is 0 Å². The van der Waals surface area contributed by atoms with Gasteiger partial charge in [-0.3, -0.25) is 14.1 Å². The SMILES string of the molecule is Cc1cccc(C(=Nc2ccc(N(CCN(C)C)S(C)(=O)=O)cc2)C2C(=O)Nc3ccccc32)c1. The van der Waals surface area contributed by atoms with Crippen molar-refractivity contribution in [3.05, 3.63) is 89.5 Å². The average molecular weight is 491 g/mol. The largest absolute Gasteiger partial charge is 0.325 e. The summed E-state index contributed by atoms with van der Waals surface area (Å²) in [5.74, 6) is -0.657. The zero-order valence-corrected chi connectivity index (χ0v) is 21.2. The quantitative estimate of drug-likeness (QED) is 0.480. The molecule has 0 spiro atoms. The number of para-hydroxylation sites is 1. The Labute approximate surface area is 207 Å². The van der Waals surface area contributed by atoms with Crippen LogP contribution in [0.25, 0.3) is 0 Å². The molecule has 3 aromatic rings. The van der Waals surface area contributed by atoms with E-state index in [2.05, 4.69) is 5.32 Å². The zero-order chi connectivity index (χ0) is 25.2. The highest BCUT2D eigenvalue weighted by Crippen LogP contribution is 2.36. The van der Waals surface area contributed by atoms with Crippen molar-refractivity contribution in [3.63, 3.8) is 0 Å². The third-order valence-corrected chi connectivity index (χ3v) is 7.11. The maximum absolute atomic E-state index is 13.0. The van der Waals surface area contributed by atoms with Crippen LogP contribution in [0.15, 0.2) is 77.8 Å². The molecule has 1 unspecified atom stereocenters. The summed E-state index contributed by atoms with van der Waals surface area (Å²) in [4.78, 5) is 19.9. The molecule has 7 nitrogen and oxygen atoms in total. The molecule has 1 N–H and O–H groups in total. The van der Waals surface area contributed by atoms with Crippen LogP contribution in [-0.4, -0.2) is 58.4 Å². The van der Waals surface area contributed by atoms with E-state index in [9.17, 15) is 13.2 Å². The van der Waals surface area contributed by atoms with Gasteiger partial charge in [0.05, 0.1) is 23.3 Å². The lowest BCUT2D eigenvalue weighted by Crippen LogP contribution is -2.35. The van der Waals surface area contributed by atoms with Crippen LogP contribution in [0.4, 0.5) is 17.1 Å². The van der Waals surface area contributed by atoms with Crippen LogP contribution >= 0.6 is 0 Å². The van der Waals surface area contributed by atoms with Crippen LogP contribution in [-0.2, 0) is 14.8 Å². The Morgan fingerprint density at radius 3 is 2.34 bits per heavy atom. The predicted molar refractivity (Wildman–Crippen MR) is 142 cm³/mol. The molecule has 0 bridgehead atoms. The van der Waals surface area contributed by atoms with E-state index < -0.39 is 15.9 Å². The van der Waals surface area contributed by atoms with Crippen LogP contribution in [0.3, 0.4) is 0 Å². The van der Waals surface area contributed by atoms with Crippen molar-refractivity contribution in [2.75, 3.05) is 43.1 Å². The topological polar surface area (TPSA) is 82.1 Å². The third kappa shape index (κ3) is 5.61. The Bertz CT molecular complexity index is 1370. The molecular weight excluding hydrogens is 460 g/mol. The number of rotatable bonds is 8. The number of likely N-dealkylation sites (N-methyl/N-ethyl adjacent to an activating group) is 1. The Balaban J connectivity index is 1.75. The first-order chi connectivity index (χ1) is 16.6. The van der Waals surface area contributed by atoms with Crippen molar-refractivity contribution in [3.8, 4) is 0 Å². The summed E-state index contributed by atoms with van der Waals surface area (Å²) in [7, 11) is 0.377. The minimum atomic E-state index is -3.43. The van der Waals surface area contributed by atoms with Gasteiger partial charge < -0.3 is 10.2 Å². The van der Waals surface area contributed by atoms with Gasteiger partial charge in [-0.25, -0.2) is 8.42 Å². The minimum absolute atomic E-state index is 0.116. The Morgan fingerprint density at radius 2 is 1.69 bits per heavy atom. The number of benzene rings is 3. The van der Waals surface area contributed by atoms with Gasteiger partial charge in [0.2, 0.25) is 15.9 Å². The summed E-state index contributed by atoms with van der Waals surface area (Å²) >= 11 is 0. The molecule has 35 heavy (non-hydrogen) atoms. The maximum Gasteiger partial charge on any atom is 0.238 e. The number of anilines is 2. The number of fused-ring (bicyclic) bond motifs is 1. The van der Waals surface area contributed by atoms with Gasteiger partial charge in [0.25, 0.3) is 0 Å². The van der Waals surface area contributed by atoms with Crippen molar-refractivity contribution in [2.24, 2.45) is 4.99 Å². The Morgan fingerprint density at radius 1 is 0.971 bits per heavy atom. The molecule has 1 atom stereocenters. The fraction of sp³-hybridized carbons (Fsp3) is 0.259. The number of aryl methyl sites for hydroxylation is 1. The van der Waals surface area contributed by atoms with Crippen molar-refractivity contribution < 1.29 is 13.2 Å². The zero-order valence-electron chi connectivity index (χ0n) is 20.4. The third-order valence-electron chi connectivity index (χ3n) is 5.92. The second-order valence-electron chi connectivity index (χ2n) is 9.03. The summed E-state index contributed by atoms with van der Waals surface area (Å²) in [6.45, 7) is 2.95. The van der Waals surface area contributed by atoms with Crippen LogP contribution in [0.5, 0.6) is 0 Å². The summed E-state index contributed by atoms with van der Waals surface area (Å²) in [5.41, 5.74) is 5.50. The molecule has 0 fully saturated rings. The maximum atomic E-state index is 13.0. The van der Waals surface area contributed by atoms with E-state index in [1.807, 2.05) is 74.4 Å². The smallest absolute Gasteiger partial charge is 0.238 e.